The summed E-state index contributed by atoms with van der Waals surface area (Å²) in [6.45, 7) is 3.74. The van der Waals surface area contributed by atoms with Crippen molar-refractivity contribution in [2.45, 2.75) is 20.4 Å². The number of para-hydroxylation sites is 1. The molecule has 28 heavy (non-hydrogen) atoms. The van der Waals surface area contributed by atoms with Crippen LogP contribution in [0.2, 0.25) is 0 Å². The number of nitrogen functional groups attached to an aromatic ring is 1. The van der Waals surface area contributed by atoms with Crippen molar-refractivity contribution in [1.82, 2.24) is 15.0 Å². The molecule has 0 aliphatic rings. The number of rotatable bonds is 5. The average Bonchev–Trinajstić information content (AvgIpc) is 3.01. The molecule has 0 atom stereocenters. The molecule has 0 saturated carbocycles. The number of nitrogens with zero attached hydrogens (tertiary/aromatic N) is 3. The summed E-state index contributed by atoms with van der Waals surface area (Å²) in [6.07, 6.45) is 0. The Balaban J connectivity index is 1.70. The predicted octanol–water partition coefficient (Wildman–Crippen LogP) is 3.13. The van der Waals surface area contributed by atoms with Crippen LogP contribution in [-0.2, 0) is 11.3 Å². The molecule has 0 radical (unpaired) electrons. The molecule has 3 rings (SSSR count). The van der Waals surface area contributed by atoms with Gasteiger partial charge in [-0.1, -0.05) is 29.5 Å². The van der Waals surface area contributed by atoms with Gasteiger partial charge in [0, 0.05) is 10.2 Å². The number of benzene rings is 2. The summed E-state index contributed by atoms with van der Waals surface area (Å²) in [5.74, 6) is -0.811. The first-order valence-corrected chi connectivity index (χ1v) is 9.27. The molecule has 0 saturated heterocycles. The van der Waals surface area contributed by atoms with Crippen LogP contribution >= 0.6 is 15.9 Å². The third-order valence-corrected chi connectivity index (χ3v) is 4.97. The second-order valence-corrected chi connectivity index (χ2v) is 7.06. The Morgan fingerprint density at radius 1 is 1.07 bits per heavy atom. The van der Waals surface area contributed by atoms with Gasteiger partial charge in [-0.15, -0.1) is 5.10 Å². The van der Waals surface area contributed by atoms with Gasteiger partial charge in [-0.25, -0.2) is 4.68 Å². The Bertz CT molecular complexity index is 1050. The van der Waals surface area contributed by atoms with E-state index in [0.717, 1.165) is 21.3 Å². The number of hydrogen-bond donors (Lipinski definition) is 3. The van der Waals surface area contributed by atoms with Gasteiger partial charge in [-0.05, 0) is 59.1 Å². The van der Waals surface area contributed by atoms with Crippen molar-refractivity contribution in [1.29, 1.82) is 0 Å². The van der Waals surface area contributed by atoms with Gasteiger partial charge in [0.2, 0.25) is 5.91 Å². The van der Waals surface area contributed by atoms with Crippen molar-refractivity contribution in [3.8, 4) is 0 Å². The Labute approximate surface area is 170 Å². The maximum absolute atomic E-state index is 12.4. The number of amides is 2. The number of nitrogens with two attached hydrogens (primary N) is 1. The van der Waals surface area contributed by atoms with Crippen LogP contribution in [0.4, 0.5) is 17.2 Å². The number of hydrogen-bond acceptors (Lipinski definition) is 5. The minimum Gasteiger partial charge on any atom is -0.382 e. The Morgan fingerprint density at radius 3 is 2.54 bits per heavy atom. The van der Waals surface area contributed by atoms with Crippen LogP contribution in [0.1, 0.15) is 21.6 Å². The van der Waals surface area contributed by atoms with E-state index in [2.05, 4.69) is 36.9 Å². The molecule has 0 fully saturated rings. The lowest BCUT2D eigenvalue weighted by atomic mass is 10.1. The SMILES string of the molecule is Cc1cccc(NC(=O)Cn2nnc(C(=O)Nc3ccccc3Br)c2N)c1C. The quantitative estimate of drug-likeness (QED) is 0.561. The normalized spacial score (nSPS) is 10.5. The summed E-state index contributed by atoms with van der Waals surface area (Å²) in [5, 5.41) is 13.2. The Kier molecular flexibility index (Phi) is 5.74. The standard InChI is InChI=1S/C19H19BrN6O2/c1-11-6-5-9-14(12(11)2)22-16(27)10-26-18(21)17(24-25-26)19(28)23-15-8-4-3-7-13(15)20/h3-9H,10,21H2,1-2H3,(H,22,27)(H,23,28). The molecule has 9 heteroatoms. The fourth-order valence-electron chi connectivity index (χ4n) is 2.56. The molecule has 2 amide bonds. The first-order chi connectivity index (χ1) is 13.4. The predicted molar refractivity (Wildman–Crippen MR) is 111 cm³/mol. The summed E-state index contributed by atoms with van der Waals surface area (Å²) in [7, 11) is 0. The molecule has 3 aromatic rings. The maximum atomic E-state index is 12.4. The second-order valence-electron chi connectivity index (χ2n) is 6.21. The second kappa shape index (κ2) is 8.22. The minimum absolute atomic E-state index is 0.0145. The molecule has 8 nitrogen and oxygen atoms in total. The number of carbonyl (C=O) groups is 2. The van der Waals surface area contributed by atoms with Gasteiger partial charge < -0.3 is 16.4 Å². The third kappa shape index (κ3) is 4.20. The van der Waals surface area contributed by atoms with Crippen molar-refractivity contribution in [3.05, 3.63) is 63.8 Å². The van der Waals surface area contributed by atoms with E-state index in [9.17, 15) is 9.59 Å². The molecule has 1 aromatic heterocycles. The van der Waals surface area contributed by atoms with Crippen molar-refractivity contribution in [2.75, 3.05) is 16.4 Å². The van der Waals surface area contributed by atoms with Crippen molar-refractivity contribution >= 4 is 44.9 Å². The number of aromatic nitrogens is 3. The van der Waals surface area contributed by atoms with E-state index in [1.165, 1.54) is 4.68 Å². The number of anilines is 3. The van der Waals surface area contributed by atoms with Crippen LogP contribution in [0.3, 0.4) is 0 Å². The lowest BCUT2D eigenvalue weighted by Crippen LogP contribution is -2.22. The lowest BCUT2D eigenvalue weighted by molar-refractivity contribution is -0.116. The van der Waals surface area contributed by atoms with Gasteiger partial charge >= 0.3 is 0 Å². The molecular weight excluding hydrogens is 424 g/mol. The molecule has 0 bridgehead atoms. The Hall–Kier alpha value is -3.20. The highest BCUT2D eigenvalue weighted by molar-refractivity contribution is 9.10. The number of aryl methyl sites for hydroxylation is 1. The van der Waals surface area contributed by atoms with Crippen LogP contribution in [0.15, 0.2) is 46.9 Å². The van der Waals surface area contributed by atoms with E-state index in [0.29, 0.717) is 5.69 Å². The van der Waals surface area contributed by atoms with Gasteiger partial charge in [0.05, 0.1) is 5.69 Å². The first-order valence-electron chi connectivity index (χ1n) is 8.47. The Morgan fingerprint density at radius 2 is 1.79 bits per heavy atom. The lowest BCUT2D eigenvalue weighted by Gasteiger charge is -2.10. The molecule has 0 aliphatic carbocycles. The fourth-order valence-corrected chi connectivity index (χ4v) is 2.94. The summed E-state index contributed by atoms with van der Waals surface area (Å²) in [4.78, 5) is 24.8. The molecule has 0 spiro atoms. The molecule has 144 valence electrons. The van der Waals surface area contributed by atoms with E-state index in [1.807, 2.05) is 38.1 Å². The minimum atomic E-state index is -0.509. The number of carbonyl (C=O) groups excluding carboxylic acids is 2. The third-order valence-electron chi connectivity index (χ3n) is 4.28. The maximum Gasteiger partial charge on any atom is 0.280 e. The van der Waals surface area contributed by atoms with Crippen LogP contribution in [0.5, 0.6) is 0 Å². The molecule has 0 unspecified atom stereocenters. The first kappa shape index (κ1) is 19.6. The van der Waals surface area contributed by atoms with Crippen LogP contribution in [0.25, 0.3) is 0 Å². The van der Waals surface area contributed by atoms with E-state index >= 15 is 0 Å². The molecule has 0 aliphatic heterocycles. The summed E-state index contributed by atoms with van der Waals surface area (Å²) in [5.41, 5.74) is 9.28. The summed E-state index contributed by atoms with van der Waals surface area (Å²) >= 11 is 3.36. The van der Waals surface area contributed by atoms with Crippen molar-refractivity contribution in [3.63, 3.8) is 0 Å². The van der Waals surface area contributed by atoms with E-state index in [1.54, 1.807) is 18.2 Å². The van der Waals surface area contributed by atoms with Crippen LogP contribution < -0.4 is 16.4 Å². The van der Waals surface area contributed by atoms with E-state index in [-0.39, 0.29) is 24.0 Å². The summed E-state index contributed by atoms with van der Waals surface area (Å²) < 4.78 is 1.91. The van der Waals surface area contributed by atoms with Crippen molar-refractivity contribution < 1.29 is 9.59 Å². The van der Waals surface area contributed by atoms with E-state index < -0.39 is 5.91 Å². The zero-order valence-corrected chi connectivity index (χ0v) is 16.9. The molecule has 1 heterocycles. The smallest absolute Gasteiger partial charge is 0.280 e. The fraction of sp³-hybridized carbons (Fsp3) is 0.158. The number of halogens is 1. The number of nitrogens with one attached hydrogen (secondary N) is 2. The van der Waals surface area contributed by atoms with Gasteiger partial charge in [0.25, 0.3) is 5.91 Å². The average molecular weight is 443 g/mol. The monoisotopic (exact) mass is 442 g/mol. The van der Waals surface area contributed by atoms with Crippen LogP contribution in [-0.4, -0.2) is 26.8 Å². The highest BCUT2D eigenvalue weighted by Crippen LogP contribution is 2.22. The van der Waals surface area contributed by atoms with Gasteiger partial charge in [-0.3, -0.25) is 9.59 Å². The topological polar surface area (TPSA) is 115 Å². The molecular formula is C19H19BrN6O2. The van der Waals surface area contributed by atoms with Crippen LogP contribution in [0, 0.1) is 13.8 Å². The zero-order valence-electron chi connectivity index (χ0n) is 15.4. The van der Waals surface area contributed by atoms with E-state index in [4.69, 9.17) is 5.73 Å². The van der Waals surface area contributed by atoms with Gasteiger partial charge in [0.1, 0.15) is 6.54 Å². The van der Waals surface area contributed by atoms with Gasteiger partial charge in [-0.2, -0.15) is 0 Å². The molecule has 4 N–H and O–H groups in total. The molecule has 2 aromatic carbocycles. The largest absolute Gasteiger partial charge is 0.382 e. The van der Waals surface area contributed by atoms with Crippen molar-refractivity contribution in [2.24, 2.45) is 0 Å². The summed E-state index contributed by atoms with van der Waals surface area (Å²) in [6, 6.07) is 12.8. The highest BCUT2D eigenvalue weighted by atomic mass is 79.9. The highest BCUT2D eigenvalue weighted by Gasteiger charge is 2.20. The zero-order chi connectivity index (χ0) is 20.3. The van der Waals surface area contributed by atoms with Gasteiger partial charge in [0.15, 0.2) is 11.5 Å².